The lowest BCUT2D eigenvalue weighted by Gasteiger charge is -2.17. The van der Waals surface area contributed by atoms with Crippen LogP contribution in [0.5, 0.6) is 11.5 Å². The molecule has 3 N–H and O–H groups in total. The summed E-state index contributed by atoms with van der Waals surface area (Å²) in [7, 11) is 0. The first-order chi connectivity index (χ1) is 12.3. The Hall–Kier alpha value is -1.83. The lowest BCUT2D eigenvalue weighted by atomic mass is 9.96. The van der Waals surface area contributed by atoms with E-state index in [4.69, 9.17) is 21.1 Å². The predicted octanol–water partition coefficient (Wildman–Crippen LogP) is 2.11. The van der Waals surface area contributed by atoms with E-state index in [1.54, 1.807) is 6.92 Å². The topological polar surface area (TPSA) is 117 Å². The zero-order chi connectivity index (χ0) is 19.0. The van der Waals surface area contributed by atoms with Gasteiger partial charge < -0.3 is 24.8 Å². The summed E-state index contributed by atoms with van der Waals surface area (Å²) < 4.78 is 10.8. The second-order valence-corrected chi connectivity index (χ2v) is 7.27. The normalized spacial score (nSPS) is 30.0. The molecule has 2 heterocycles. The Balaban J connectivity index is 1.94. The van der Waals surface area contributed by atoms with E-state index < -0.39 is 29.7 Å². The minimum atomic E-state index is -0.811. The standard InChI is InChI=1S/C18H21ClO7/c1-8-4-14-15(26-14)6-10(21)3-2-9(20)5-11-16(18(24)25-8)12(22)7-13(23)17(11)19/h7-8,10,14-15,21-23H,2-6H2,1H3. The molecule has 1 aromatic carbocycles. The maximum atomic E-state index is 12.5. The molecule has 3 rings (SSSR count). The number of hydrogen-bond acceptors (Lipinski definition) is 7. The minimum absolute atomic E-state index is 0.0264. The maximum Gasteiger partial charge on any atom is 0.342 e. The average molecular weight is 385 g/mol. The summed E-state index contributed by atoms with van der Waals surface area (Å²) in [5.74, 6) is -2.01. The molecule has 0 radical (unpaired) electrons. The van der Waals surface area contributed by atoms with Crippen LogP contribution in [0, 0.1) is 0 Å². The predicted molar refractivity (Wildman–Crippen MR) is 91.5 cm³/mol. The fourth-order valence-corrected chi connectivity index (χ4v) is 3.50. The first-order valence-corrected chi connectivity index (χ1v) is 8.93. The highest BCUT2D eigenvalue weighted by Gasteiger charge is 2.41. The summed E-state index contributed by atoms with van der Waals surface area (Å²) in [6.45, 7) is 1.70. The van der Waals surface area contributed by atoms with Crippen LogP contribution in [-0.4, -0.2) is 51.5 Å². The summed E-state index contributed by atoms with van der Waals surface area (Å²) in [5, 5.41) is 29.8. The molecular weight excluding hydrogens is 364 g/mol. The van der Waals surface area contributed by atoms with Gasteiger partial charge in [0.1, 0.15) is 28.9 Å². The fourth-order valence-electron chi connectivity index (χ4n) is 3.29. The van der Waals surface area contributed by atoms with Gasteiger partial charge in [-0.05, 0) is 13.3 Å². The first-order valence-electron chi connectivity index (χ1n) is 8.55. The number of cyclic esters (lactones) is 1. The number of aliphatic hydroxyl groups is 1. The minimum Gasteiger partial charge on any atom is -0.507 e. The third-order valence-corrected chi connectivity index (χ3v) is 5.14. The molecule has 0 saturated carbocycles. The molecule has 0 aromatic heterocycles. The molecule has 2 aliphatic rings. The number of rotatable bonds is 0. The van der Waals surface area contributed by atoms with Gasteiger partial charge in [0.05, 0.1) is 23.3 Å². The molecule has 4 unspecified atom stereocenters. The van der Waals surface area contributed by atoms with Crippen LogP contribution in [0.15, 0.2) is 6.07 Å². The summed E-state index contributed by atoms with van der Waals surface area (Å²) in [6.07, 6.45) is -0.385. The molecule has 4 atom stereocenters. The van der Waals surface area contributed by atoms with E-state index in [0.29, 0.717) is 12.8 Å². The van der Waals surface area contributed by atoms with Gasteiger partial charge in [0.15, 0.2) is 0 Å². The molecule has 1 aromatic rings. The SMILES string of the molecule is CC1CC2OC2CC(O)CCC(=O)Cc2c(Cl)c(O)cc(O)c2C(=O)O1. The first kappa shape index (κ1) is 18.9. The Morgan fingerprint density at radius 1 is 1.15 bits per heavy atom. The van der Waals surface area contributed by atoms with E-state index in [1.165, 1.54) is 0 Å². The van der Waals surface area contributed by atoms with Gasteiger partial charge in [0.25, 0.3) is 0 Å². The number of carbonyl (C=O) groups is 2. The van der Waals surface area contributed by atoms with Gasteiger partial charge in [0, 0.05) is 37.3 Å². The van der Waals surface area contributed by atoms with Crippen LogP contribution in [0.3, 0.4) is 0 Å². The van der Waals surface area contributed by atoms with Crippen molar-refractivity contribution in [2.45, 2.75) is 63.4 Å². The number of esters is 1. The van der Waals surface area contributed by atoms with Crippen molar-refractivity contribution in [3.63, 3.8) is 0 Å². The third-order valence-electron chi connectivity index (χ3n) is 4.72. The van der Waals surface area contributed by atoms with Gasteiger partial charge in [-0.1, -0.05) is 11.6 Å². The number of Topliss-reactive ketones (excluding diaryl/α,β-unsaturated/α-hetero) is 1. The molecule has 26 heavy (non-hydrogen) atoms. The van der Waals surface area contributed by atoms with Gasteiger partial charge >= 0.3 is 5.97 Å². The van der Waals surface area contributed by atoms with Crippen molar-refractivity contribution in [2.75, 3.05) is 0 Å². The molecule has 7 nitrogen and oxygen atoms in total. The molecule has 1 fully saturated rings. The molecule has 1 saturated heterocycles. The van der Waals surface area contributed by atoms with E-state index in [-0.39, 0.29) is 53.4 Å². The Labute approximate surface area is 155 Å². The largest absolute Gasteiger partial charge is 0.507 e. The Kier molecular flexibility index (Phi) is 5.41. The highest BCUT2D eigenvalue weighted by Crippen LogP contribution is 2.38. The number of carbonyl (C=O) groups excluding carboxylic acids is 2. The summed E-state index contributed by atoms with van der Waals surface area (Å²) in [6, 6.07) is 0.949. The van der Waals surface area contributed by atoms with Crippen LogP contribution in [-0.2, 0) is 20.7 Å². The third kappa shape index (κ3) is 4.11. The fraction of sp³-hybridized carbons (Fsp3) is 0.556. The number of epoxide rings is 1. The van der Waals surface area contributed by atoms with Crippen molar-refractivity contribution in [3.05, 3.63) is 22.2 Å². The quantitative estimate of drug-likeness (QED) is 0.463. The highest BCUT2D eigenvalue weighted by molar-refractivity contribution is 6.33. The summed E-state index contributed by atoms with van der Waals surface area (Å²) in [4.78, 5) is 24.8. The number of fused-ring (bicyclic) bond motifs is 2. The van der Waals surface area contributed by atoms with E-state index in [1.807, 2.05) is 0 Å². The molecule has 0 spiro atoms. The Morgan fingerprint density at radius 2 is 1.85 bits per heavy atom. The van der Waals surface area contributed by atoms with Crippen molar-refractivity contribution in [1.29, 1.82) is 0 Å². The number of ketones is 1. The molecule has 2 aliphatic heterocycles. The number of aromatic hydroxyl groups is 2. The zero-order valence-electron chi connectivity index (χ0n) is 14.3. The lowest BCUT2D eigenvalue weighted by Crippen LogP contribution is -2.21. The second-order valence-electron chi connectivity index (χ2n) is 6.89. The van der Waals surface area contributed by atoms with E-state index in [2.05, 4.69) is 0 Å². The average Bonchev–Trinajstić information content (AvgIpc) is 3.26. The number of halogens is 1. The number of phenolic OH excluding ortho intramolecular Hbond substituents is 2. The van der Waals surface area contributed by atoms with Gasteiger partial charge in [-0.2, -0.15) is 0 Å². The number of ether oxygens (including phenoxy) is 2. The van der Waals surface area contributed by atoms with Crippen molar-refractivity contribution < 1.29 is 34.4 Å². The molecule has 0 bridgehead atoms. The number of hydrogen-bond donors (Lipinski definition) is 3. The Bertz CT molecular complexity index is 733. The highest BCUT2D eigenvalue weighted by atomic mass is 35.5. The smallest absolute Gasteiger partial charge is 0.342 e. The van der Waals surface area contributed by atoms with Crippen LogP contribution >= 0.6 is 11.6 Å². The molecule has 142 valence electrons. The van der Waals surface area contributed by atoms with Crippen LogP contribution in [0.4, 0.5) is 0 Å². The van der Waals surface area contributed by atoms with Gasteiger partial charge in [-0.3, -0.25) is 4.79 Å². The summed E-state index contributed by atoms with van der Waals surface area (Å²) >= 11 is 6.07. The van der Waals surface area contributed by atoms with Crippen molar-refractivity contribution in [1.82, 2.24) is 0 Å². The lowest BCUT2D eigenvalue weighted by molar-refractivity contribution is -0.119. The van der Waals surface area contributed by atoms with Crippen molar-refractivity contribution in [3.8, 4) is 11.5 Å². The Morgan fingerprint density at radius 3 is 2.58 bits per heavy atom. The van der Waals surface area contributed by atoms with Crippen molar-refractivity contribution >= 4 is 23.4 Å². The summed E-state index contributed by atoms with van der Waals surface area (Å²) in [5.41, 5.74) is -0.197. The number of phenols is 2. The van der Waals surface area contributed by atoms with Gasteiger partial charge in [-0.15, -0.1) is 0 Å². The van der Waals surface area contributed by atoms with E-state index in [0.717, 1.165) is 6.07 Å². The van der Waals surface area contributed by atoms with Crippen molar-refractivity contribution in [2.24, 2.45) is 0 Å². The number of benzene rings is 1. The van der Waals surface area contributed by atoms with Crippen LogP contribution in [0.1, 0.15) is 48.5 Å². The maximum absolute atomic E-state index is 12.5. The molecule has 0 aliphatic carbocycles. The monoisotopic (exact) mass is 384 g/mol. The van der Waals surface area contributed by atoms with Gasteiger partial charge in [-0.25, -0.2) is 4.79 Å². The molecular formula is C18H21ClO7. The molecule has 8 heteroatoms. The molecule has 0 amide bonds. The second kappa shape index (κ2) is 7.42. The van der Waals surface area contributed by atoms with E-state index >= 15 is 0 Å². The van der Waals surface area contributed by atoms with Gasteiger partial charge in [0.2, 0.25) is 0 Å². The van der Waals surface area contributed by atoms with Crippen LogP contribution < -0.4 is 0 Å². The number of aliphatic hydroxyl groups excluding tert-OH is 1. The van der Waals surface area contributed by atoms with Crippen LogP contribution in [0.2, 0.25) is 5.02 Å². The zero-order valence-corrected chi connectivity index (χ0v) is 15.0. The van der Waals surface area contributed by atoms with E-state index in [9.17, 15) is 24.9 Å². The van der Waals surface area contributed by atoms with Crippen LogP contribution in [0.25, 0.3) is 0 Å².